The van der Waals surface area contributed by atoms with E-state index < -0.39 is 5.79 Å². The third kappa shape index (κ3) is 1.93. The normalized spacial score (nSPS) is 24.9. The van der Waals surface area contributed by atoms with Crippen LogP contribution in [-0.2, 0) is 14.2 Å². The van der Waals surface area contributed by atoms with Crippen LogP contribution in [0.2, 0.25) is 0 Å². The minimum Gasteiger partial charge on any atom is -0.380 e. The summed E-state index contributed by atoms with van der Waals surface area (Å²) >= 11 is 3.51. The second-order valence-corrected chi connectivity index (χ2v) is 3.97. The van der Waals surface area contributed by atoms with Crippen LogP contribution in [0.4, 0.5) is 0 Å². The van der Waals surface area contributed by atoms with Crippen molar-refractivity contribution in [2.24, 2.45) is 0 Å². The number of ether oxygens (including phenoxy) is 3. The van der Waals surface area contributed by atoms with Gasteiger partial charge in [0.1, 0.15) is 0 Å². The van der Waals surface area contributed by atoms with E-state index in [1.165, 1.54) is 0 Å². The summed E-state index contributed by atoms with van der Waals surface area (Å²) in [5, 5.41) is 0. The van der Waals surface area contributed by atoms with E-state index in [0.717, 1.165) is 5.57 Å². The second kappa shape index (κ2) is 5.07. The van der Waals surface area contributed by atoms with Gasteiger partial charge in [0.15, 0.2) is 0 Å². The molecule has 0 N–H and O–H groups in total. The van der Waals surface area contributed by atoms with E-state index in [2.05, 4.69) is 15.9 Å². The Labute approximate surface area is 92.8 Å². The average Bonchev–Trinajstić information content (AvgIpc) is 2.20. The van der Waals surface area contributed by atoms with Crippen LogP contribution in [0.15, 0.2) is 23.8 Å². The summed E-state index contributed by atoms with van der Waals surface area (Å²) in [7, 11) is 4.90. The van der Waals surface area contributed by atoms with Crippen LogP contribution < -0.4 is 0 Å². The molecule has 1 aliphatic rings. The molecule has 0 spiro atoms. The van der Waals surface area contributed by atoms with Crippen molar-refractivity contribution in [1.82, 2.24) is 0 Å². The summed E-state index contributed by atoms with van der Waals surface area (Å²) in [6.07, 6.45) is 5.89. The Morgan fingerprint density at radius 3 is 2.50 bits per heavy atom. The van der Waals surface area contributed by atoms with Crippen molar-refractivity contribution in [2.75, 3.05) is 27.9 Å². The van der Waals surface area contributed by atoms with Crippen LogP contribution in [0.3, 0.4) is 0 Å². The molecule has 0 aliphatic heterocycles. The predicted octanol–water partition coefficient (Wildman–Crippen LogP) is 1.88. The molecule has 0 aromatic heterocycles. The molecule has 0 amide bonds. The summed E-state index contributed by atoms with van der Waals surface area (Å²) in [5.74, 6) is -0.745. The number of halogens is 1. The number of allylic oxidation sites excluding steroid dienone is 2. The Kier molecular flexibility index (Phi) is 4.31. The number of methoxy groups -OCH3 is 3. The molecule has 0 aromatic carbocycles. The fraction of sp³-hybridized carbons (Fsp3) is 0.600. The van der Waals surface area contributed by atoms with E-state index in [4.69, 9.17) is 14.2 Å². The third-order valence-corrected chi connectivity index (χ3v) is 3.20. The number of alkyl halides is 1. The van der Waals surface area contributed by atoms with Crippen LogP contribution in [0.25, 0.3) is 0 Å². The maximum Gasteiger partial charge on any atom is 0.209 e. The lowest BCUT2D eigenvalue weighted by atomic mass is 9.98. The van der Waals surface area contributed by atoms with Gasteiger partial charge in [0.25, 0.3) is 0 Å². The lowest BCUT2D eigenvalue weighted by Crippen LogP contribution is -2.46. The first-order chi connectivity index (χ1) is 6.71. The van der Waals surface area contributed by atoms with E-state index in [1.54, 1.807) is 21.3 Å². The van der Waals surface area contributed by atoms with Crippen molar-refractivity contribution < 1.29 is 14.2 Å². The van der Waals surface area contributed by atoms with Gasteiger partial charge in [0.05, 0.1) is 11.4 Å². The van der Waals surface area contributed by atoms with Gasteiger partial charge in [-0.1, -0.05) is 34.2 Å². The summed E-state index contributed by atoms with van der Waals surface area (Å²) < 4.78 is 16.0. The van der Waals surface area contributed by atoms with E-state index in [0.29, 0.717) is 6.61 Å². The zero-order valence-corrected chi connectivity index (χ0v) is 10.2. The lowest BCUT2D eigenvalue weighted by Gasteiger charge is -2.37. The van der Waals surface area contributed by atoms with Crippen molar-refractivity contribution in [3.05, 3.63) is 23.8 Å². The molecule has 0 saturated heterocycles. The molecule has 1 unspecified atom stereocenters. The number of rotatable bonds is 4. The van der Waals surface area contributed by atoms with Gasteiger partial charge in [-0.05, 0) is 0 Å². The molecule has 0 heterocycles. The highest BCUT2D eigenvalue weighted by atomic mass is 79.9. The molecular weight excluding hydrogens is 248 g/mol. The Hall–Kier alpha value is -0.160. The highest BCUT2D eigenvalue weighted by molar-refractivity contribution is 9.09. The fourth-order valence-corrected chi connectivity index (χ4v) is 2.41. The molecule has 0 bridgehead atoms. The van der Waals surface area contributed by atoms with E-state index >= 15 is 0 Å². The maximum absolute atomic E-state index is 5.44. The molecule has 1 aliphatic carbocycles. The zero-order valence-electron chi connectivity index (χ0n) is 8.62. The minimum absolute atomic E-state index is 0.000139. The maximum atomic E-state index is 5.44. The van der Waals surface area contributed by atoms with Gasteiger partial charge in [-0.25, -0.2) is 0 Å². The van der Waals surface area contributed by atoms with Gasteiger partial charge in [0, 0.05) is 26.9 Å². The standard InChI is InChI=1S/C10H15BrO3/c1-12-7-8-5-4-6-9(11)10(8,13-2)14-3/h4-6,9H,7H2,1-3H3. The number of hydrogen-bond acceptors (Lipinski definition) is 3. The van der Waals surface area contributed by atoms with Crippen molar-refractivity contribution in [2.45, 2.75) is 10.6 Å². The molecule has 0 aromatic rings. The lowest BCUT2D eigenvalue weighted by molar-refractivity contribution is -0.175. The minimum atomic E-state index is -0.745. The van der Waals surface area contributed by atoms with Crippen molar-refractivity contribution in [3.8, 4) is 0 Å². The third-order valence-electron chi connectivity index (χ3n) is 2.29. The monoisotopic (exact) mass is 262 g/mol. The van der Waals surface area contributed by atoms with Crippen molar-refractivity contribution in [3.63, 3.8) is 0 Å². The Morgan fingerprint density at radius 1 is 1.36 bits per heavy atom. The highest BCUT2D eigenvalue weighted by Gasteiger charge is 2.41. The molecule has 0 fully saturated rings. The van der Waals surface area contributed by atoms with E-state index in [9.17, 15) is 0 Å². The van der Waals surface area contributed by atoms with Gasteiger partial charge in [0.2, 0.25) is 5.79 Å². The largest absolute Gasteiger partial charge is 0.380 e. The topological polar surface area (TPSA) is 27.7 Å². The van der Waals surface area contributed by atoms with Crippen LogP contribution in [0, 0.1) is 0 Å². The molecule has 14 heavy (non-hydrogen) atoms. The highest BCUT2D eigenvalue weighted by Crippen LogP contribution is 2.34. The Bertz CT molecular complexity index is 244. The average molecular weight is 263 g/mol. The summed E-state index contributed by atoms with van der Waals surface area (Å²) in [5.41, 5.74) is 0.967. The quantitative estimate of drug-likeness (QED) is 0.572. The molecule has 80 valence electrons. The van der Waals surface area contributed by atoms with Gasteiger partial charge < -0.3 is 14.2 Å². The smallest absolute Gasteiger partial charge is 0.209 e. The summed E-state index contributed by atoms with van der Waals surface area (Å²) in [6, 6.07) is 0. The van der Waals surface area contributed by atoms with Crippen LogP contribution in [-0.4, -0.2) is 38.6 Å². The second-order valence-electron chi connectivity index (χ2n) is 2.99. The Morgan fingerprint density at radius 2 is 2.00 bits per heavy atom. The molecule has 4 heteroatoms. The summed E-state index contributed by atoms with van der Waals surface area (Å²) in [4.78, 5) is 0.000139. The van der Waals surface area contributed by atoms with Gasteiger partial charge in [-0.15, -0.1) is 0 Å². The summed E-state index contributed by atoms with van der Waals surface area (Å²) in [6.45, 7) is 0.494. The van der Waals surface area contributed by atoms with Crippen LogP contribution >= 0.6 is 15.9 Å². The van der Waals surface area contributed by atoms with Crippen molar-refractivity contribution >= 4 is 15.9 Å². The van der Waals surface area contributed by atoms with E-state index in [-0.39, 0.29) is 4.83 Å². The van der Waals surface area contributed by atoms with Gasteiger partial charge in [-0.3, -0.25) is 0 Å². The molecular formula is C10H15BrO3. The van der Waals surface area contributed by atoms with Crippen LogP contribution in [0.5, 0.6) is 0 Å². The van der Waals surface area contributed by atoms with Gasteiger partial charge in [-0.2, -0.15) is 0 Å². The van der Waals surface area contributed by atoms with Crippen LogP contribution in [0.1, 0.15) is 0 Å². The number of hydrogen-bond donors (Lipinski definition) is 0. The molecule has 0 radical (unpaired) electrons. The first kappa shape index (κ1) is 11.9. The fourth-order valence-electron chi connectivity index (χ4n) is 1.56. The Balaban J connectivity index is 2.97. The van der Waals surface area contributed by atoms with Gasteiger partial charge >= 0.3 is 0 Å². The first-order valence-corrected chi connectivity index (χ1v) is 5.24. The predicted molar refractivity (Wildman–Crippen MR) is 58.6 cm³/mol. The molecule has 1 atom stereocenters. The zero-order chi connectivity index (χ0) is 10.6. The van der Waals surface area contributed by atoms with E-state index in [1.807, 2.05) is 18.2 Å². The SMILES string of the molecule is COCC1=CC=CC(Br)C1(OC)OC. The van der Waals surface area contributed by atoms with Crippen molar-refractivity contribution in [1.29, 1.82) is 0 Å². The first-order valence-electron chi connectivity index (χ1n) is 4.32. The molecule has 1 rings (SSSR count). The molecule has 0 saturated carbocycles. The molecule has 3 nitrogen and oxygen atoms in total.